The average Bonchev–Trinajstić information content (AvgIpc) is 2.48. The SMILES string of the molecule is COC(=O)[C@@H](N)Cc1ccc(-c2ccccc2O)cc1. The predicted molar refractivity (Wildman–Crippen MR) is 77.2 cm³/mol. The lowest BCUT2D eigenvalue weighted by molar-refractivity contribution is -0.142. The zero-order valence-electron chi connectivity index (χ0n) is 11.2. The summed E-state index contributed by atoms with van der Waals surface area (Å²) in [6.07, 6.45) is 0.424. The molecular formula is C16H17NO3. The number of hydrogen-bond donors (Lipinski definition) is 2. The number of nitrogens with two attached hydrogens (primary N) is 1. The summed E-state index contributed by atoms with van der Waals surface area (Å²) in [5, 5.41) is 9.80. The Hall–Kier alpha value is -2.33. The molecule has 0 bridgehead atoms. The molecule has 0 saturated heterocycles. The normalized spacial score (nSPS) is 11.9. The third-order valence-electron chi connectivity index (χ3n) is 3.13. The van der Waals surface area contributed by atoms with Gasteiger partial charge in [0.05, 0.1) is 7.11 Å². The molecule has 104 valence electrons. The Morgan fingerprint density at radius 1 is 1.20 bits per heavy atom. The largest absolute Gasteiger partial charge is 0.507 e. The smallest absolute Gasteiger partial charge is 0.322 e. The highest BCUT2D eigenvalue weighted by Crippen LogP contribution is 2.28. The Kier molecular flexibility index (Phi) is 4.38. The molecule has 0 aliphatic carbocycles. The fraction of sp³-hybridized carbons (Fsp3) is 0.188. The van der Waals surface area contributed by atoms with Crippen LogP contribution in [0.25, 0.3) is 11.1 Å². The molecule has 0 saturated carbocycles. The lowest BCUT2D eigenvalue weighted by Gasteiger charge is -2.10. The Morgan fingerprint density at radius 2 is 1.85 bits per heavy atom. The first kappa shape index (κ1) is 14.1. The molecule has 0 aliphatic rings. The summed E-state index contributed by atoms with van der Waals surface area (Å²) in [6, 6.07) is 14.1. The fourth-order valence-corrected chi connectivity index (χ4v) is 2.03. The van der Waals surface area contributed by atoms with E-state index in [2.05, 4.69) is 4.74 Å². The number of benzene rings is 2. The summed E-state index contributed by atoms with van der Waals surface area (Å²) in [5.41, 5.74) is 8.35. The van der Waals surface area contributed by atoms with Crippen molar-refractivity contribution in [2.24, 2.45) is 5.73 Å². The van der Waals surface area contributed by atoms with Crippen LogP contribution in [0.15, 0.2) is 48.5 Å². The van der Waals surface area contributed by atoms with Crippen LogP contribution in [0.4, 0.5) is 0 Å². The van der Waals surface area contributed by atoms with Crippen LogP contribution in [-0.4, -0.2) is 24.2 Å². The highest BCUT2D eigenvalue weighted by molar-refractivity contribution is 5.76. The Bertz CT molecular complexity index is 593. The Morgan fingerprint density at radius 3 is 2.45 bits per heavy atom. The number of esters is 1. The number of para-hydroxylation sites is 1. The van der Waals surface area contributed by atoms with Crippen LogP contribution in [0, 0.1) is 0 Å². The molecule has 0 fully saturated rings. The van der Waals surface area contributed by atoms with Gasteiger partial charge in [0.1, 0.15) is 11.8 Å². The molecular weight excluding hydrogens is 254 g/mol. The van der Waals surface area contributed by atoms with Gasteiger partial charge in [-0.2, -0.15) is 0 Å². The van der Waals surface area contributed by atoms with Crippen molar-refractivity contribution in [3.63, 3.8) is 0 Å². The molecule has 0 aliphatic heterocycles. The molecule has 0 heterocycles. The number of carbonyl (C=O) groups is 1. The Balaban J connectivity index is 2.15. The van der Waals surface area contributed by atoms with Gasteiger partial charge < -0.3 is 15.6 Å². The Labute approximate surface area is 117 Å². The highest BCUT2D eigenvalue weighted by atomic mass is 16.5. The van der Waals surface area contributed by atoms with Crippen molar-refractivity contribution in [2.75, 3.05) is 7.11 Å². The van der Waals surface area contributed by atoms with E-state index in [4.69, 9.17) is 5.73 Å². The van der Waals surface area contributed by atoms with Gasteiger partial charge in [-0.05, 0) is 23.6 Å². The second kappa shape index (κ2) is 6.21. The molecule has 1 atom stereocenters. The summed E-state index contributed by atoms with van der Waals surface area (Å²) in [5.74, 6) is -0.179. The lowest BCUT2D eigenvalue weighted by atomic mass is 10.0. The number of aromatic hydroxyl groups is 1. The van der Waals surface area contributed by atoms with Crippen molar-refractivity contribution in [3.05, 3.63) is 54.1 Å². The third kappa shape index (κ3) is 3.16. The van der Waals surface area contributed by atoms with Crippen LogP contribution >= 0.6 is 0 Å². The van der Waals surface area contributed by atoms with Gasteiger partial charge in [0.25, 0.3) is 0 Å². The second-order valence-electron chi connectivity index (χ2n) is 4.55. The number of phenolic OH excluding ortho intramolecular Hbond substituents is 1. The van der Waals surface area contributed by atoms with Gasteiger partial charge in [-0.1, -0.05) is 42.5 Å². The van der Waals surface area contributed by atoms with Crippen LogP contribution in [0.3, 0.4) is 0 Å². The summed E-state index contributed by atoms with van der Waals surface area (Å²) < 4.78 is 4.60. The van der Waals surface area contributed by atoms with Crippen molar-refractivity contribution in [1.82, 2.24) is 0 Å². The van der Waals surface area contributed by atoms with Crippen molar-refractivity contribution in [1.29, 1.82) is 0 Å². The number of ether oxygens (including phenoxy) is 1. The number of carbonyl (C=O) groups excluding carboxylic acids is 1. The molecule has 4 nitrogen and oxygen atoms in total. The van der Waals surface area contributed by atoms with Crippen molar-refractivity contribution < 1.29 is 14.6 Å². The number of rotatable bonds is 4. The van der Waals surface area contributed by atoms with E-state index < -0.39 is 12.0 Å². The zero-order valence-corrected chi connectivity index (χ0v) is 11.2. The topological polar surface area (TPSA) is 72.5 Å². The maximum Gasteiger partial charge on any atom is 0.322 e. The average molecular weight is 271 g/mol. The van der Waals surface area contributed by atoms with Crippen LogP contribution < -0.4 is 5.73 Å². The molecule has 0 spiro atoms. The second-order valence-corrected chi connectivity index (χ2v) is 4.55. The minimum atomic E-state index is -0.657. The molecule has 0 radical (unpaired) electrons. The van der Waals surface area contributed by atoms with Crippen LogP contribution in [0.2, 0.25) is 0 Å². The molecule has 2 aromatic carbocycles. The van der Waals surface area contributed by atoms with E-state index in [9.17, 15) is 9.90 Å². The molecule has 0 amide bonds. The molecule has 2 rings (SSSR count). The van der Waals surface area contributed by atoms with Gasteiger partial charge in [0.2, 0.25) is 0 Å². The highest BCUT2D eigenvalue weighted by Gasteiger charge is 2.14. The monoisotopic (exact) mass is 271 g/mol. The zero-order chi connectivity index (χ0) is 14.5. The van der Waals surface area contributed by atoms with Crippen LogP contribution in [-0.2, 0) is 16.0 Å². The summed E-state index contributed by atoms with van der Waals surface area (Å²) in [4.78, 5) is 11.3. The van der Waals surface area contributed by atoms with E-state index in [1.165, 1.54) is 7.11 Å². The minimum absolute atomic E-state index is 0.242. The maximum atomic E-state index is 11.3. The molecule has 0 aromatic heterocycles. The van der Waals surface area contributed by atoms with Gasteiger partial charge in [0.15, 0.2) is 0 Å². The maximum absolute atomic E-state index is 11.3. The summed E-state index contributed by atoms with van der Waals surface area (Å²) in [7, 11) is 1.32. The van der Waals surface area contributed by atoms with Crippen LogP contribution in [0.1, 0.15) is 5.56 Å². The summed E-state index contributed by atoms with van der Waals surface area (Å²) >= 11 is 0. The van der Waals surface area contributed by atoms with Gasteiger partial charge in [-0.25, -0.2) is 0 Å². The van der Waals surface area contributed by atoms with Crippen molar-refractivity contribution in [3.8, 4) is 16.9 Å². The minimum Gasteiger partial charge on any atom is -0.507 e. The molecule has 2 aromatic rings. The number of methoxy groups -OCH3 is 1. The first-order valence-electron chi connectivity index (χ1n) is 6.32. The van der Waals surface area contributed by atoms with E-state index in [0.29, 0.717) is 6.42 Å². The van der Waals surface area contributed by atoms with Crippen LogP contribution in [0.5, 0.6) is 5.75 Å². The number of hydrogen-bond acceptors (Lipinski definition) is 4. The first-order valence-corrected chi connectivity index (χ1v) is 6.32. The van der Waals surface area contributed by atoms with Crippen molar-refractivity contribution >= 4 is 5.97 Å². The van der Waals surface area contributed by atoms with E-state index >= 15 is 0 Å². The predicted octanol–water partition coefficient (Wildman–Crippen LogP) is 2.10. The van der Waals surface area contributed by atoms with Gasteiger partial charge in [-0.3, -0.25) is 4.79 Å². The van der Waals surface area contributed by atoms with Gasteiger partial charge in [-0.15, -0.1) is 0 Å². The quantitative estimate of drug-likeness (QED) is 0.835. The van der Waals surface area contributed by atoms with Gasteiger partial charge in [0, 0.05) is 5.56 Å². The molecule has 4 heteroatoms. The van der Waals surface area contributed by atoms with E-state index in [0.717, 1.165) is 16.7 Å². The van der Waals surface area contributed by atoms with E-state index in [-0.39, 0.29) is 5.75 Å². The van der Waals surface area contributed by atoms with Gasteiger partial charge >= 0.3 is 5.97 Å². The summed E-state index contributed by atoms with van der Waals surface area (Å²) in [6.45, 7) is 0. The molecule has 3 N–H and O–H groups in total. The lowest BCUT2D eigenvalue weighted by Crippen LogP contribution is -2.33. The fourth-order valence-electron chi connectivity index (χ4n) is 2.03. The molecule has 0 unspecified atom stereocenters. The molecule has 20 heavy (non-hydrogen) atoms. The first-order chi connectivity index (χ1) is 9.61. The van der Waals surface area contributed by atoms with E-state index in [1.54, 1.807) is 12.1 Å². The van der Waals surface area contributed by atoms with Crippen molar-refractivity contribution in [2.45, 2.75) is 12.5 Å². The van der Waals surface area contributed by atoms with E-state index in [1.807, 2.05) is 36.4 Å². The number of phenols is 1. The standard InChI is InChI=1S/C16H17NO3/c1-20-16(19)14(17)10-11-6-8-12(9-7-11)13-4-2-3-5-15(13)18/h2-9,14,18H,10,17H2,1H3/t14-/m0/s1. The third-order valence-corrected chi connectivity index (χ3v) is 3.13.